The summed E-state index contributed by atoms with van der Waals surface area (Å²) in [5, 5.41) is 40.0. The molecule has 3 rings (SSSR count). The fourth-order valence-corrected chi connectivity index (χ4v) is 2.38. The van der Waals surface area contributed by atoms with Gasteiger partial charge in [-0.05, 0) is 12.1 Å². The predicted molar refractivity (Wildman–Crippen MR) is 74.0 cm³/mol. The maximum Gasteiger partial charge on any atom is 0.228 e. The Labute approximate surface area is 120 Å². The van der Waals surface area contributed by atoms with Gasteiger partial charge in [-0.1, -0.05) is 24.3 Å². The summed E-state index contributed by atoms with van der Waals surface area (Å²) in [6.45, 7) is -0.126. The fourth-order valence-electron chi connectivity index (χ4n) is 2.38. The van der Waals surface area contributed by atoms with Crippen LogP contribution in [0.5, 0.6) is 11.5 Å². The van der Waals surface area contributed by atoms with Crippen molar-refractivity contribution in [2.24, 2.45) is 0 Å². The number of phenols is 1. The lowest BCUT2D eigenvalue weighted by Crippen LogP contribution is -2.54. The van der Waals surface area contributed by atoms with Gasteiger partial charge in [-0.3, -0.25) is 0 Å². The van der Waals surface area contributed by atoms with Gasteiger partial charge in [0.05, 0.1) is 6.61 Å². The van der Waals surface area contributed by atoms with Crippen LogP contribution < -0.4 is 4.74 Å². The Hall–Kier alpha value is -1.86. The van der Waals surface area contributed by atoms with Crippen LogP contribution in [0.3, 0.4) is 0 Å². The summed E-state index contributed by atoms with van der Waals surface area (Å²) in [6, 6.07) is 10.1. The number of aliphatic hydroxyl groups excluding tert-OH is 3. The number of hydrogen-bond donors (Lipinski definition) is 4. The summed E-state index contributed by atoms with van der Waals surface area (Å²) < 4.78 is 10.8. The van der Waals surface area contributed by atoms with Crippen molar-refractivity contribution in [3.05, 3.63) is 36.4 Å². The summed E-state index contributed by atoms with van der Waals surface area (Å²) in [4.78, 5) is 0. The van der Waals surface area contributed by atoms with Crippen LogP contribution in [-0.4, -0.2) is 51.6 Å². The van der Waals surface area contributed by atoms with E-state index in [-0.39, 0.29) is 12.4 Å². The van der Waals surface area contributed by atoms with Crippen LogP contribution in [0.4, 0.5) is 0 Å². The minimum Gasteiger partial charge on any atom is -0.507 e. The second-order valence-corrected chi connectivity index (χ2v) is 5.00. The molecule has 1 heterocycles. The topological polar surface area (TPSA) is 99.4 Å². The highest BCUT2D eigenvalue weighted by molar-refractivity contribution is 5.92. The van der Waals surface area contributed by atoms with Crippen LogP contribution in [0.1, 0.15) is 0 Å². The van der Waals surface area contributed by atoms with Gasteiger partial charge in [-0.15, -0.1) is 0 Å². The van der Waals surface area contributed by atoms with Crippen LogP contribution in [0, 0.1) is 0 Å². The van der Waals surface area contributed by atoms with Crippen LogP contribution in [0.25, 0.3) is 10.8 Å². The summed E-state index contributed by atoms with van der Waals surface area (Å²) >= 11 is 0. The molecule has 0 aliphatic carbocycles. The highest BCUT2D eigenvalue weighted by atomic mass is 16.7. The Kier molecular flexibility index (Phi) is 3.69. The number of aromatic hydroxyl groups is 1. The van der Waals surface area contributed by atoms with Crippen LogP contribution in [0.15, 0.2) is 36.4 Å². The van der Waals surface area contributed by atoms with Gasteiger partial charge < -0.3 is 29.9 Å². The molecule has 4 atom stereocenters. The monoisotopic (exact) mass is 292 g/mol. The molecule has 0 amide bonds. The molecule has 6 heteroatoms. The molecule has 1 saturated heterocycles. The number of rotatable bonds is 2. The van der Waals surface area contributed by atoms with E-state index in [1.807, 2.05) is 0 Å². The van der Waals surface area contributed by atoms with E-state index in [2.05, 4.69) is 0 Å². The molecule has 2 aromatic rings. The molecular weight excluding hydrogens is 276 g/mol. The van der Waals surface area contributed by atoms with E-state index in [0.717, 1.165) is 0 Å². The van der Waals surface area contributed by atoms with Crippen LogP contribution in [-0.2, 0) is 4.74 Å². The Morgan fingerprint density at radius 2 is 1.67 bits per heavy atom. The number of ether oxygens (including phenoxy) is 2. The van der Waals surface area contributed by atoms with Gasteiger partial charge in [0, 0.05) is 10.8 Å². The van der Waals surface area contributed by atoms with E-state index >= 15 is 0 Å². The van der Waals surface area contributed by atoms with Crippen molar-refractivity contribution in [1.82, 2.24) is 0 Å². The highest BCUT2D eigenvalue weighted by Gasteiger charge is 2.39. The normalized spacial score (nSPS) is 29.5. The first kappa shape index (κ1) is 14.1. The van der Waals surface area contributed by atoms with Gasteiger partial charge in [0.25, 0.3) is 0 Å². The van der Waals surface area contributed by atoms with Crippen molar-refractivity contribution in [3.8, 4) is 11.5 Å². The quantitative estimate of drug-likeness (QED) is 0.638. The number of hydrogen-bond acceptors (Lipinski definition) is 6. The van der Waals surface area contributed by atoms with Crippen molar-refractivity contribution in [3.63, 3.8) is 0 Å². The van der Waals surface area contributed by atoms with Crippen molar-refractivity contribution in [2.45, 2.75) is 24.6 Å². The number of benzene rings is 2. The average Bonchev–Trinajstić information content (AvgIpc) is 2.49. The summed E-state index contributed by atoms with van der Waals surface area (Å²) in [6.07, 6.45) is -4.92. The molecule has 0 spiro atoms. The molecule has 112 valence electrons. The van der Waals surface area contributed by atoms with Gasteiger partial charge in [-0.25, -0.2) is 0 Å². The SMILES string of the molecule is Oc1cccc2c(O[C@@H]3OC[C@@H](O)[C@H](O)[C@H]3O)cccc12. The van der Waals surface area contributed by atoms with Crippen molar-refractivity contribution in [1.29, 1.82) is 0 Å². The standard InChI is InChI=1S/C15H16O6/c16-10-5-1-4-9-8(10)3-2-6-12(9)21-15-14(19)13(18)11(17)7-20-15/h1-6,11,13-19H,7H2/t11-,13+,14-,15+/m1/s1. The van der Waals surface area contributed by atoms with Gasteiger partial charge in [0.1, 0.15) is 29.8 Å². The number of phenolic OH excluding ortho intramolecular Hbond substituents is 1. The van der Waals surface area contributed by atoms with Crippen LogP contribution in [0.2, 0.25) is 0 Å². The molecule has 1 fully saturated rings. The second-order valence-electron chi connectivity index (χ2n) is 5.00. The maximum atomic E-state index is 9.89. The van der Waals surface area contributed by atoms with E-state index in [1.165, 1.54) is 0 Å². The highest BCUT2D eigenvalue weighted by Crippen LogP contribution is 2.32. The van der Waals surface area contributed by atoms with E-state index < -0.39 is 24.6 Å². The smallest absolute Gasteiger partial charge is 0.228 e. The van der Waals surface area contributed by atoms with Gasteiger partial charge in [0.15, 0.2) is 0 Å². The Morgan fingerprint density at radius 3 is 2.48 bits per heavy atom. The van der Waals surface area contributed by atoms with E-state index in [0.29, 0.717) is 16.5 Å². The lowest BCUT2D eigenvalue weighted by molar-refractivity contribution is -0.241. The zero-order valence-corrected chi connectivity index (χ0v) is 11.1. The first-order valence-electron chi connectivity index (χ1n) is 6.61. The summed E-state index contributed by atoms with van der Waals surface area (Å²) in [5.74, 6) is 0.537. The average molecular weight is 292 g/mol. The molecule has 0 bridgehead atoms. The fraction of sp³-hybridized carbons (Fsp3) is 0.333. The molecule has 21 heavy (non-hydrogen) atoms. The molecular formula is C15H16O6. The Balaban J connectivity index is 1.90. The number of fused-ring (bicyclic) bond motifs is 1. The largest absolute Gasteiger partial charge is 0.507 e. The molecule has 0 saturated carbocycles. The second kappa shape index (κ2) is 5.50. The third-order valence-corrected chi connectivity index (χ3v) is 3.56. The lowest BCUT2D eigenvalue weighted by Gasteiger charge is -2.35. The van der Waals surface area contributed by atoms with Crippen molar-refractivity contribution >= 4 is 10.8 Å². The summed E-state index contributed by atoms with van der Waals surface area (Å²) in [5.41, 5.74) is 0. The van der Waals surface area contributed by atoms with Crippen molar-refractivity contribution in [2.75, 3.05) is 6.61 Å². The molecule has 0 unspecified atom stereocenters. The van der Waals surface area contributed by atoms with Gasteiger partial charge >= 0.3 is 0 Å². The molecule has 0 radical (unpaired) electrons. The molecule has 4 N–H and O–H groups in total. The van der Waals surface area contributed by atoms with E-state index in [1.54, 1.807) is 36.4 Å². The van der Waals surface area contributed by atoms with Crippen LogP contribution >= 0.6 is 0 Å². The van der Waals surface area contributed by atoms with E-state index in [4.69, 9.17) is 9.47 Å². The zero-order chi connectivity index (χ0) is 15.0. The first-order chi connectivity index (χ1) is 10.1. The molecule has 0 aromatic heterocycles. The number of aliphatic hydroxyl groups is 3. The molecule has 1 aliphatic heterocycles. The Bertz CT molecular complexity index is 643. The van der Waals surface area contributed by atoms with Crippen molar-refractivity contribution < 1.29 is 29.9 Å². The third kappa shape index (κ3) is 2.54. The third-order valence-electron chi connectivity index (χ3n) is 3.56. The molecule has 6 nitrogen and oxygen atoms in total. The molecule has 1 aliphatic rings. The lowest BCUT2D eigenvalue weighted by atomic mass is 10.1. The minimum atomic E-state index is -1.36. The van der Waals surface area contributed by atoms with Gasteiger partial charge in [0.2, 0.25) is 6.29 Å². The van der Waals surface area contributed by atoms with Gasteiger partial charge in [-0.2, -0.15) is 0 Å². The summed E-state index contributed by atoms with van der Waals surface area (Å²) in [7, 11) is 0. The maximum absolute atomic E-state index is 9.89. The van der Waals surface area contributed by atoms with E-state index in [9.17, 15) is 20.4 Å². The Morgan fingerprint density at radius 1 is 0.952 bits per heavy atom. The first-order valence-corrected chi connectivity index (χ1v) is 6.61. The molecule has 2 aromatic carbocycles. The predicted octanol–water partition coefficient (Wildman–Crippen LogP) is 0.363. The zero-order valence-electron chi connectivity index (χ0n) is 11.1. The minimum absolute atomic E-state index is 0.124.